The smallest absolute Gasteiger partial charge is 0.429 e. The molecule has 0 aliphatic heterocycles. The third-order valence-corrected chi connectivity index (χ3v) is 0.782. The van der Waals surface area contributed by atoms with Gasteiger partial charge < -0.3 is 14.3 Å². The maximum atomic E-state index is 10.4. The van der Waals surface area contributed by atoms with Gasteiger partial charge in [0.25, 0.3) is 0 Å². The Balaban J connectivity index is 3.50. The molecule has 0 heterocycles. The van der Waals surface area contributed by atoms with Crippen molar-refractivity contribution in [3.05, 3.63) is 0 Å². The summed E-state index contributed by atoms with van der Waals surface area (Å²) in [4.78, 5) is 16.9. The first kappa shape index (κ1) is 9.34. The first-order chi connectivity index (χ1) is 4.54. The normalized spacial score (nSPS) is 12.3. The molecule has 7 heteroatoms. The molecule has 0 aliphatic rings. The second-order valence-corrected chi connectivity index (χ2v) is 2.22. The van der Waals surface area contributed by atoms with Gasteiger partial charge in [-0.3, -0.25) is 4.21 Å². The molecule has 0 aromatic rings. The Kier molecular flexibility index (Phi) is 3.93. The van der Waals surface area contributed by atoms with Gasteiger partial charge in [-0.05, 0) is 0 Å². The fraction of sp³-hybridized carbons (Fsp3) is 0.667. The number of carbonyl (C=O) groups is 1. The van der Waals surface area contributed by atoms with Crippen molar-refractivity contribution in [1.82, 2.24) is 9.79 Å². The maximum Gasteiger partial charge on any atom is 0.429 e. The Morgan fingerprint density at radius 2 is 2.20 bits per heavy atom. The van der Waals surface area contributed by atoms with E-state index in [9.17, 15) is 13.6 Å². The van der Waals surface area contributed by atoms with Gasteiger partial charge in [0.15, 0.2) is 0 Å². The quantitative estimate of drug-likeness (QED) is 0.421. The number of carbonyl (C=O) groups excluding carboxylic acids is 1. The van der Waals surface area contributed by atoms with E-state index in [-0.39, 0.29) is 0 Å². The number of hydrogen-bond donors (Lipinski definition) is 1. The van der Waals surface area contributed by atoms with Gasteiger partial charge >= 0.3 is 6.09 Å². The molecule has 0 bridgehead atoms. The molecule has 1 amide bonds. The standard InChI is InChI=1S/C3H8N2O4S/c1-5(2)3(6)9-4-10(7)8/h4H,1-2H3,(H,7,8)/p-1. The van der Waals surface area contributed by atoms with E-state index in [4.69, 9.17) is 0 Å². The highest BCUT2D eigenvalue weighted by Crippen LogP contribution is 1.80. The number of nitrogens with one attached hydrogen (secondary N) is 1. The molecule has 0 rings (SSSR count). The second kappa shape index (κ2) is 4.20. The summed E-state index contributed by atoms with van der Waals surface area (Å²) in [6, 6.07) is 0. The third kappa shape index (κ3) is 4.24. The Morgan fingerprint density at radius 1 is 1.70 bits per heavy atom. The fourth-order valence-electron chi connectivity index (χ4n) is 0.161. The predicted octanol–water partition coefficient (Wildman–Crippen LogP) is -1.02. The van der Waals surface area contributed by atoms with E-state index < -0.39 is 17.4 Å². The van der Waals surface area contributed by atoms with Gasteiger partial charge in [-0.1, -0.05) is 4.89 Å². The zero-order valence-corrected chi connectivity index (χ0v) is 6.30. The Labute approximate surface area is 60.5 Å². The van der Waals surface area contributed by atoms with E-state index in [1.807, 2.05) is 0 Å². The molecule has 0 spiro atoms. The van der Waals surface area contributed by atoms with E-state index in [1.165, 1.54) is 19.0 Å². The molecule has 1 unspecified atom stereocenters. The maximum absolute atomic E-state index is 10.4. The van der Waals surface area contributed by atoms with Crippen molar-refractivity contribution in [1.29, 1.82) is 0 Å². The molecule has 0 aromatic carbocycles. The van der Waals surface area contributed by atoms with Crippen molar-refractivity contribution >= 4 is 17.4 Å². The van der Waals surface area contributed by atoms with Gasteiger partial charge in [0.05, 0.1) is 11.3 Å². The zero-order valence-electron chi connectivity index (χ0n) is 5.49. The number of amides is 1. The summed E-state index contributed by atoms with van der Waals surface area (Å²) in [7, 11) is 2.86. The molecule has 0 saturated carbocycles. The highest BCUT2D eigenvalue weighted by Gasteiger charge is 2.02. The minimum Gasteiger partial charge on any atom is -0.758 e. The van der Waals surface area contributed by atoms with Crippen LogP contribution < -0.4 is 4.89 Å². The second-order valence-electron chi connectivity index (χ2n) is 1.58. The monoisotopic (exact) mass is 167 g/mol. The highest BCUT2D eigenvalue weighted by molar-refractivity contribution is 7.76. The molecular formula is C3H7N2O4S-. The van der Waals surface area contributed by atoms with E-state index in [2.05, 4.69) is 4.84 Å². The molecule has 0 aromatic heterocycles. The first-order valence-corrected chi connectivity index (χ1v) is 3.34. The van der Waals surface area contributed by atoms with Gasteiger partial charge in [0, 0.05) is 14.1 Å². The zero-order chi connectivity index (χ0) is 8.15. The molecule has 0 saturated heterocycles. The predicted molar refractivity (Wildman–Crippen MR) is 32.2 cm³/mol. The molecule has 1 N–H and O–H groups in total. The van der Waals surface area contributed by atoms with Crippen LogP contribution in [0.5, 0.6) is 0 Å². The van der Waals surface area contributed by atoms with Gasteiger partial charge in [-0.2, -0.15) is 0 Å². The number of rotatable bonds is 2. The molecule has 0 fully saturated rings. The fourth-order valence-corrected chi connectivity index (χ4v) is 0.300. The largest absolute Gasteiger partial charge is 0.758 e. The Morgan fingerprint density at radius 3 is 2.50 bits per heavy atom. The lowest BCUT2D eigenvalue weighted by atomic mass is 10.9. The molecule has 10 heavy (non-hydrogen) atoms. The van der Waals surface area contributed by atoms with Crippen LogP contribution in [0.2, 0.25) is 0 Å². The van der Waals surface area contributed by atoms with Crippen molar-refractivity contribution in [3.63, 3.8) is 0 Å². The van der Waals surface area contributed by atoms with Crippen LogP contribution in [0.4, 0.5) is 4.79 Å². The van der Waals surface area contributed by atoms with E-state index in [1.54, 1.807) is 0 Å². The lowest BCUT2D eigenvalue weighted by Crippen LogP contribution is -2.30. The van der Waals surface area contributed by atoms with Gasteiger partial charge in [0.1, 0.15) is 0 Å². The van der Waals surface area contributed by atoms with Crippen LogP contribution in [0, 0.1) is 0 Å². The van der Waals surface area contributed by atoms with Crippen molar-refractivity contribution in [2.24, 2.45) is 0 Å². The first-order valence-electron chi connectivity index (χ1n) is 2.27. The minimum atomic E-state index is -2.57. The van der Waals surface area contributed by atoms with Crippen LogP contribution in [0.3, 0.4) is 0 Å². The molecule has 0 radical (unpaired) electrons. The van der Waals surface area contributed by atoms with Crippen LogP contribution >= 0.6 is 0 Å². The topological polar surface area (TPSA) is 81.7 Å². The highest BCUT2D eigenvalue weighted by atomic mass is 32.2. The Hall–Kier alpha value is -0.660. The summed E-state index contributed by atoms with van der Waals surface area (Å²) in [5, 5.41) is 0. The molecule has 60 valence electrons. The van der Waals surface area contributed by atoms with Crippen LogP contribution in [0.1, 0.15) is 0 Å². The van der Waals surface area contributed by atoms with Crippen molar-refractivity contribution in [2.75, 3.05) is 14.1 Å². The summed E-state index contributed by atoms with van der Waals surface area (Å²) >= 11 is -2.57. The summed E-state index contributed by atoms with van der Waals surface area (Å²) in [5.74, 6) is 0. The third-order valence-electron chi connectivity index (χ3n) is 0.562. The molecule has 6 nitrogen and oxygen atoms in total. The average Bonchev–Trinajstić information content (AvgIpc) is 1.82. The Bertz CT molecular complexity index is 147. The number of hydrogen-bond acceptors (Lipinski definition) is 4. The van der Waals surface area contributed by atoms with Crippen molar-refractivity contribution < 1.29 is 18.4 Å². The lowest BCUT2D eigenvalue weighted by Gasteiger charge is -2.11. The molecule has 1 atom stereocenters. The van der Waals surface area contributed by atoms with Crippen molar-refractivity contribution in [2.45, 2.75) is 0 Å². The van der Waals surface area contributed by atoms with Crippen molar-refractivity contribution in [3.8, 4) is 0 Å². The van der Waals surface area contributed by atoms with Gasteiger partial charge in [0.2, 0.25) is 0 Å². The number of nitrogens with zero attached hydrogens (tertiary/aromatic N) is 1. The van der Waals surface area contributed by atoms with E-state index in [0.29, 0.717) is 0 Å². The van der Waals surface area contributed by atoms with E-state index >= 15 is 0 Å². The van der Waals surface area contributed by atoms with Gasteiger partial charge in [-0.25, -0.2) is 4.79 Å². The molecular weight excluding hydrogens is 160 g/mol. The molecule has 0 aliphatic carbocycles. The SMILES string of the molecule is CN(C)C(=O)ONS(=O)[O-]. The summed E-state index contributed by atoms with van der Waals surface area (Å²) in [6.45, 7) is 0. The summed E-state index contributed by atoms with van der Waals surface area (Å²) in [6.07, 6.45) is -0.774. The van der Waals surface area contributed by atoms with Crippen LogP contribution in [-0.4, -0.2) is 33.9 Å². The van der Waals surface area contributed by atoms with Gasteiger partial charge in [-0.15, -0.1) is 0 Å². The summed E-state index contributed by atoms with van der Waals surface area (Å²) in [5.41, 5.74) is 0. The minimum absolute atomic E-state index is 0.774. The van der Waals surface area contributed by atoms with Crippen LogP contribution in [0.25, 0.3) is 0 Å². The van der Waals surface area contributed by atoms with Crippen LogP contribution in [0.15, 0.2) is 0 Å². The average molecular weight is 167 g/mol. The lowest BCUT2D eigenvalue weighted by molar-refractivity contribution is 0.0971. The van der Waals surface area contributed by atoms with E-state index in [0.717, 1.165) is 4.90 Å². The summed E-state index contributed by atoms with van der Waals surface area (Å²) < 4.78 is 19.4. The van der Waals surface area contributed by atoms with Crippen LogP contribution in [-0.2, 0) is 16.1 Å².